The van der Waals surface area contributed by atoms with Gasteiger partial charge in [0.15, 0.2) is 0 Å². The number of aryl methyl sites for hydroxylation is 1. The summed E-state index contributed by atoms with van der Waals surface area (Å²) in [6.45, 7) is 3.66. The molecule has 0 aliphatic heterocycles. The summed E-state index contributed by atoms with van der Waals surface area (Å²) >= 11 is 3.40. The molecule has 0 saturated heterocycles. The smallest absolute Gasteiger partial charge is 0.147 e. The highest BCUT2D eigenvalue weighted by Gasteiger charge is 2.16. The maximum atomic E-state index is 11.3. The van der Waals surface area contributed by atoms with Crippen molar-refractivity contribution >= 4 is 21.7 Å². The van der Waals surface area contributed by atoms with E-state index in [1.165, 1.54) is 5.56 Å². The summed E-state index contributed by atoms with van der Waals surface area (Å²) in [6, 6.07) is 5.84. The molecule has 0 saturated carbocycles. The number of ketones is 1. The highest BCUT2D eigenvalue weighted by atomic mass is 79.9. The van der Waals surface area contributed by atoms with E-state index in [0.29, 0.717) is 0 Å². The lowest BCUT2D eigenvalue weighted by molar-refractivity contribution is -0.116. The lowest BCUT2D eigenvalue weighted by Crippen LogP contribution is -2.04. The second-order valence-electron chi connectivity index (χ2n) is 3.39. The molecule has 15 heavy (non-hydrogen) atoms. The molecule has 1 rings (SSSR count). The van der Waals surface area contributed by atoms with Crippen molar-refractivity contribution < 1.29 is 9.53 Å². The topological polar surface area (TPSA) is 26.3 Å². The number of benzene rings is 1. The lowest BCUT2D eigenvalue weighted by atomic mass is 10.0. The fourth-order valence-electron chi connectivity index (χ4n) is 1.48. The van der Waals surface area contributed by atoms with E-state index >= 15 is 0 Å². The Kier molecular flexibility index (Phi) is 4.33. The van der Waals surface area contributed by atoms with Gasteiger partial charge in [-0.2, -0.15) is 0 Å². The first-order valence-corrected chi connectivity index (χ1v) is 5.83. The molecule has 0 aromatic heterocycles. The number of methoxy groups -OCH3 is 1. The molecule has 1 aromatic rings. The maximum Gasteiger partial charge on any atom is 0.147 e. The van der Waals surface area contributed by atoms with Crippen molar-refractivity contribution in [1.29, 1.82) is 0 Å². The molecule has 0 fully saturated rings. The maximum absolute atomic E-state index is 11.3. The molecule has 0 N–H and O–H groups in total. The van der Waals surface area contributed by atoms with Gasteiger partial charge in [-0.1, -0.05) is 28.9 Å². The Balaban J connectivity index is 3.16. The summed E-state index contributed by atoms with van der Waals surface area (Å²) in [4.78, 5) is 11.1. The fourth-order valence-corrected chi connectivity index (χ4v) is 1.90. The zero-order chi connectivity index (χ0) is 11.4. The molecule has 2 nitrogen and oxygen atoms in total. The zero-order valence-corrected chi connectivity index (χ0v) is 10.8. The van der Waals surface area contributed by atoms with Crippen LogP contribution in [0.2, 0.25) is 0 Å². The molecule has 0 radical (unpaired) electrons. The molecule has 0 bridgehead atoms. The number of rotatable bonds is 4. The molecule has 3 heteroatoms. The highest BCUT2D eigenvalue weighted by Crippen LogP contribution is 2.30. The van der Waals surface area contributed by atoms with E-state index in [2.05, 4.69) is 22.9 Å². The zero-order valence-electron chi connectivity index (χ0n) is 9.21. The van der Waals surface area contributed by atoms with Crippen molar-refractivity contribution in [3.63, 3.8) is 0 Å². The van der Waals surface area contributed by atoms with E-state index in [1.54, 1.807) is 14.0 Å². The van der Waals surface area contributed by atoms with Crippen molar-refractivity contribution in [3.05, 3.63) is 29.3 Å². The van der Waals surface area contributed by atoms with Crippen molar-refractivity contribution in [2.75, 3.05) is 7.11 Å². The van der Waals surface area contributed by atoms with Crippen LogP contribution in [0, 0.1) is 0 Å². The van der Waals surface area contributed by atoms with Crippen molar-refractivity contribution in [1.82, 2.24) is 0 Å². The minimum absolute atomic E-state index is 0.109. The van der Waals surface area contributed by atoms with Crippen LogP contribution in [-0.2, 0) is 11.2 Å². The Morgan fingerprint density at radius 2 is 2.20 bits per heavy atom. The second-order valence-corrected chi connectivity index (χ2v) is 4.31. The normalized spacial score (nSPS) is 12.3. The molecular weight excluding hydrogens is 256 g/mol. The van der Waals surface area contributed by atoms with E-state index in [0.717, 1.165) is 17.7 Å². The van der Waals surface area contributed by atoms with Gasteiger partial charge in [0.05, 0.1) is 11.9 Å². The Bertz CT molecular complexity index is 361. The van der Waals surface area contributed by atoms with Crippen LogP contribution in [0.25, 0.3) is 0 Å². The van der Waals surface area contributed by atoms with Gasteiger partial charge < -0.3 is 4.74 Å². The number of hydrogen-bond acceptors (Lipinski definition) is 2. The summed E-state index contributed by atoms with van der Waals surface area (Å²) in [6.07, 6.45) is 0.911. The molecule has 1 atom stereocenters. The van der Waals surface area contributed by atoms with Gasteiger partial charge in [0.2, 0.25) is 0 Å². The van der Waals surface area contributed by atoms with E-state index in [1.807, 2.05) is 18.2 Å². The van der Waals surface area contributed by atoms with Gasteiger partial charge in [0.1, 0.15) is 11.5 Å². The van der Waals surface area contributed by atoms with Gasteiger partial charge in [-0.25, -0.2) is 0 Å². The number of carbonyl (C=O) groups is 1. The molecule has 0 amide bonds. The first kappa shape index (κ1) is 12.2. The first-order chi connectivity index (χ1) is 7.10. The number of ether oxygens (including phenoxy) is 1. The lowest BCUT2D eigenvalue weighted by Gasteiger charge is -2.13. The number of hydrogen-bond donors (Lipinski definition) is 0. The van der Waals surface area contributed by atoms with Crippen LogP contribution in [0.1, 0.15) is 29.8 Å². The molecule has 82 valence electrons. The van der Waals surface area contributed by atoms with Crippen molar-refractivity contribution in [2.45, 2.75) is 25.1 Å². The summed E-state index contributed by atoms with van der Waals surface area (Å²) in [5.74, 6) is 0.894. The predicted molar refractivity (Wildman–Crippen MR) is 64.7 cm³/mol. The molecule has 1 aromatic carbocycles. The SMILES string of the molecule is CCc1ccc(OC)cc1C(Br)C(C)=O. The molecule has 0 aliphatic carbocycles. The average Bonchev–Trinajstić information content (AvgIpc) is 2.27. The van der Waals surface area contributed by atoms with E-state index in [9.17, 15) is 4.79 Å². The van der Waals surface area contributed by atoms with Gasteiger partial charge in [0, 0.05) is 0 Å². The van der Waals surface area contributed by atoms with Crippen LogP contribution in [-0.4, -0.2) is 12.9 Å². The minimum atomic E-state index is -0.234. The molecule has 0 spiro atoms. The van der Waals surface area contributed by atoms with Crippen LogP contribution in [0.4, 0.5) is 0 Å². The van der Waals surface area contributed by atoms with Crippen LogP contribution < -0.4 is 4.74 Å². The van der Waals surface area contributed by atoms with Gasteiger partial charge >= 0.3 is 0 Å². The summed E-state index contributed by atoms with van der Waals surface area (Å²) in [5, 5.41) is 0. The Labute approximate surface area is 98.8 Å². The van der Waals surface area contributed by atoms with Crippen molar-refractivity contribution in [3.8, 4) is 5.75 Å². The highest BCUT2D eigenvalue weighted by molar-refractivity contribution is 9.09. The second kappa shape index (κ2) is 5.31. The monoisotopic (exact) mass is 270 g/mol. The van der Waals surface area contributed by atoms with Crippen LogP contribution in [0.5, 0.6) is 5.75 Å². The van der Waals surface area contributed by atoms with Crippen molar-refractivity contribution in [2.24, 2.45) is 0 Å². The summed E-state index contributed by atoms with van der Waals surface area (Å²) in [5.41, 5.74) is 2.18. The van der Waals surface area contributed by atoms with Crippen LogP contribution in [0.3, 0.4) is 0 Å². The standard InChI is InChI=1S/C12H15BrO2/c1-4-9-5-6-10(15-3)7-11(9)12(13)8(2)14/h5-7,12H,4H2,1-3H3. The Morgan fingerprint density at radius 3 is 2.67 bits per heavy atom. The van der Waals surface area contributed by atoms with E-state index in [-0.39, 0.29) is 10.6 Å². The van der Waals surface area contributed by atoms with Gasteiger partial charge in [0.25, 0.3) is 0 Å². The van der Waals surface area contributed by atoms with Gasteiger partial charge in [-0.3, -0.25) is 4.79 Å². The number of alkyl halides is 1. The third-order valence-electron chi connectivity index (χ3n) is 2.36. The summed E-state index contributed by atoms with van der Waals surface area (Å²) in [7, 11) is 1.63. The van der Waals surface area contributed by atoms with E-state index < -0.39 is 0 Å². The predicted octanol–water partition coefficient (Wildman–Crippen LogP) is 3.28. The average molecular weight is 271 g/mol. The molecule has 0 heterocycles. The quantitative estimate of drug-likeness (QED) is 0.785. The van der Waals surface area contributed by atoms with Crippen LogP contribution >= 0.6 is 15.9 Å². The van der Waals surface area contributed by atoms with E-state index in [4.69, 9.17) is 4.74 Å². The molecule has 1 unspecified atom stereocenters. The number of halogens is 1. The van der Waals surface area contributed by atoms with Gasteiger partial charge in [-0.15, -0.1) is 0 Å². The number of carbonyl (C=O) groups excluding carboxylic acids is 1. The Morgan fingerprint density at radius 1 is 1.53 bits per heavy atom. The minimum Gasteiger partial charge on any atom is -0.497 e. The molecule has 0 aliphatic rings. The first-order valence-electron chi connectivity index (χ1n) is 4.91. The molecular formula is C12H15BrO2. The largest absolute Gasteiger partial charge is 0.497 e. The van der Waals surface area contributed by atoms with Crippen LogP contribution in [0.15, 0.2) is 18.2 Å². The Hall–Kier alpha value is -0.830. The third-order valence-corrected chi connectivity index (χ3v) is 3.50. The summed E-state index contributed by atoms with van der Waals surface area (Å²) < 4.78 is 5.15. The fraction of sp³-hybridized carbons (Fsp3) is 0.417. The van der Waals surface area contributed by atoms with Gasteiger partial charge in [-0.05, 0) is 36.6 Å². The number of Topliss-reactive ketones (excluding diaryl/α,β-unsaturated/α-hetero) is 1. The third kappa shape index (κ3) is 2.81.